The molecule has 3 aromatic carbocycles. The van der Waals surface area contributed by atoms with Gasteiger partial charge in [-0.3, -0.25) is 0 Å². The van der Waals surface area contributed by atoms with Gasteiger partial charge in [-0.1, -0.05) is 54.1 Å². The van der Waals surface area contributed by atoms with E-state index in [2.05, 4.69) is 92.1 Å². The third-order valence-corrected chi connectivity index (χ3v) is 4.76. The minimum Gasteiger partial charge on any atom is -0.457 e. The maximum Gasteiger partial charge on any atom is 0.134 e. The lowest BCUT2D eigenvalue weighted by Crippen LogP contribution is -2.09. The molecule has 0 aliphatic rings. The van der Waals surface area contributed by atoms with E-state index in [1.807, 2.05) is 18.2 Å². The number of anilines is 3. The van der Waals surface area contributed by atoms with Crippen LogP contribution in [0.5, 0.6) is 0 Å². The maximum absolute atomic E-state index is 5.89. The second kappa shape index (κ2) is 7.61. The van der Waals surface area contributed by atoms with Gasteiger partial charge in [-0.15, -0.1) is 0 Å². The van der Waals surface area contributed by atoms with Crippen LogP contribution in [0.15, 0.2) is 95.9 Å². The number of hydrogen-bond acceptors (Lipinski definition) is 2. The van der Waals surface area contributed by atoms with Crippen molar-refractivity contribution in [2.75, 3.05) is 4.90 Å². The summed E-state index contributed by atoms with van der Waals surface area (Å²) in [5.74, 6) is 0.823. The molecular weight excluding hydrogens is 342 g/mol. The molecule has 138 valence electrons. The predicted octanol–water partition coefficient (Wildman–Crippen LogP) is 7.72. The SMILES string of the molecule is C=CC=Cc1cc2cc(N(c3ccc(C)cc3)c3ccc(C)cc3)ccc2o1. The van der Waals surface area contributed by atoms with Gasteiger partial charge in [0.05, 0.1) is 0 Å². The molecule has 0 saturated carbocycles. The van der Waals surface area contributed by atoms with Crippen LogP contribution in [0, 0.1) is 13.8 Å². The molecule has 2 nitrogen and oxygen atoms in total. The topological polar surface area (TPSA) is 16.4 Å². The minimum atomic E-state index is 0.823. The van der Waals surface area contributed by atoms with Gasteiger partial charge in [0.1, 0.15) is 11.3 Å². The van der Waals surface area contributed by atoms with E-state index in [4.69, 9.17) is 4.42 Å². The molecule has 0 aliphatic carbocycles. The molecule has 0 atom stereocenters. The summed E-state index contributed by atoms with van der Waals surface area (Å²) >= 11 is 0. The molecule has 0 unspecified atom stereocenters. The third kappa shape index (κ3) is 3.63. The Morgan fingerprint density at radius 2 is 1.32 bits per heavy atom. The van der Waals surface area contributed by atoms with Gasteiger partial charge < -0.3 is 9.32 Å². The van der Waals surface area contributed by atoms with E-state index in [-0.39, 0.29) is 0 Å². The fourth-order valence-corrected chi connectivity index (χ4v) is 3.27. The second-order valence-electron chi connectivity index (χ2n) is 6.97. The van der Waals surface area contributed by atoms with E-state index in [0.29, 0.717) is 0 Å². The summed E-state index contributed by atoms with van der Waals surface area (Å²) in [5.41, 5.74) is 6.72. The fourth-order valence-electron chi connectivity index (χ4n) is 3.27. The van der Waals surface area contributed by atoms with Gasteiger partial charge >= 0.3 is 0 Å². The lowest BCUT2D eigenvalue weighted by Gasteiger charge is -2.25. The molecule has 0 radical (unpaired) electrons. The number of allylic oxidation sites excluding steroid dienone is 2. The molecule has 0 amide bonds. The van der Waals surface area contributed by atoms with Gasteiger partial charge in [0.2, 0.25) is 0 Å². The standard InChI is InChI=1S/C26H23NO/c1-4-5-6-25-18-21-17-24(15-16-26(21)28-25)27(22-11-7-19(2)8-12-22)23-13-9-20(3)10-14-23/h4-18H,1H2,2-3H3. The average Bonchev–Trinajstić information content (AvgIpc) is 3.12. The quantitative estimate of drug-likeness (QED) is 0.337. The van der Waals surface area contributed by atoms with E-state index < -0.39 is 0 Å². The largest absolute Gasteiger partial charge is 0.457 e. The number of hydrogen-bond donors (Lipinski definition) is 0. The number of furan rings is 1. The predicted molar refractivity (Wildman–Crippen MR) is 120 cm³/mol. The van der Waals surface area contributed by atoms with Crippen molar-refractivity contribution in [3.05, 3.63) is 108 Å². The Hall–Kier alpha value is -3.52. The molecule has 0 fully saturated rings. The second-order valence-corrected chi connectivity index (χ2v) is 6.97. The van der Waals surface area contributed by atoms with Crippen molar-refractivity contribution in [1.82, 2.24) is 0 Å². The molecule has 4 aromatic rings. The van der Waals surface area contributed by atoms with Crippen molar-refractivity contribution in [2.45, 2.75) is 13.8 Å². The van der Waals surface area contributed by atoms with Crippen LogP contribution in [0.2, 0.25) is 0 Å². The molecule has 0 bridgehead atoms. The first-order chi connectivity index (χ1) is 13.6. The Morgan fingerprint density at radius 1 is 0.750 bits per heavy atom. The highest BCUT2D eigenvalue weighted by molar-refractivity contribution is 5.87. The van der Waals surface area contributed by atoms with Gasteiger partial charge in [-0.25, -0.2) is 0 Å². The third-order valence-electron chi connectivity index (χ3n) is 4.76. The summed E-state index contributed by atoms with van der Waals surface area (Å²) in [6.07, 6.45) is 5.54. The molecule has 2 heteroatoms. The van der Waals surface area contributed by atoms with Crippen LogP contribution < -0.4 is 4.90 Å². The smallest absolute Gasteiger partial charge is 0.134 e. The summed E-state index contributed by atoms with van der Waals surface area (Å²) in [6.45, 7) is 7.93. The van der Waals surface area contributed by atoms with Crippen molar-refractivity contribution in [2.24, 2.45) is 0 Å². The Balaban J connectivity index is 1.83. The molecule has 0 saturated heterocycles. The van der Waals surface area contributed by atoms with Crippen LogP contribution in [0.3, 0.4) is 0 Å². The summed E-state index contributed by atoms with van der Waals surface area (Å²) in [4.78, 5) is 2.27. The highest BCUT2D eigenvalue weighted by Crippen LogP contribution is 2.36. The van der Waals surface area contributed by atoms with Crippen LogP contribution >= 0.6 is 0 Å². The number of rotatable bonds is 5. The molecule has 0 aliphatic heterocycles. The van der Waals surface area contributed by atoms with Crippen LogP contribution in [-0.4, -0.2) is 0 Å². The zero-order valence-electron chi connectivity index (χ0n) is 16.2. The first-order valence-electron chi connectivity index (χ1n) is 9.40. The monoisotopic (exact) mass is 365 g/mol. The molecule has 28 heavy (non-hydrogen) atoms. The van der Waals surface area contributed by atoms with Crippen LogP contribution in [0.4, 0.5) is 17.1 Å². The average molecular weight is 365 g/mol. The summed E-state index contributed by atoms with van der Waals surface area (Å²) < 4.78 is 5.89. The van der Waals surface area contributed by atoms with Crippen LogP contribution in [0.25, 0.3) is 17.0 Å². The Labute approximate surface area is 166 Å². The normalized spacial score (nSPS) is 11.2. The number of aryl methyl sites for hydroxylation is 2. The first kappa shape index (κ1) is 17.9. The van der Waals surface area contributed by atoms with E-state index >= 15 is 0 Å². The summed E-state index contributed by atoms with van der Waals surface area (Å²) in [6, 6.07) is 25.6. The van der Waals surface area contributed by atoms with Crippen molar-refractivity contribution in [3.63, 3.8) is 0 Å². The zero-order chi connectivity index (χ0) is 19.5. The van der Waals surface area contributed by atoms with E-state index in [1.165, 1.54) is 11.1 Å². The van der Waals surface area contributed by atoms with Gasteiger partial charge in [-0.2, -0.15) is 0 Å². The Kier molecular flexibility index (Phi) is 4.86. The molecular formula is C26H23NO. The molecule has 4 rings (SSSR count). The molecule has 0 N–H and O–H groups in total. The van der Waals surface area contributed by atoms with Crippen LogP contribution in [0.1, 0.15) is 16.9 Å². The van der Waals surface area contributed by atoms with Crippen molar-refractivity contribution in [3.8, 4) is 0 Å². The lowest BCUT2D eigenvalue weighted by atomic mass is 10.1. The highest BCUT2D eigenvalue weighted by Gasteiger charge is 2.14. The molecule has 1 aromatic heterocycles. The molecule has 0 spiro atoms. The Morgan fingerprint density at radius 3 is 1.89 bits per heavy atom. The first-order valence-corrected chi connectivity index (χ1v) is 9.40. The minimum absolute atomic E-state index is 0.823. The maximum atomic E-state index is 5.89. The number of nitrogens with zero attached hydrogens (tertiary/aromatic N) is 1. The number of benzene rings is 3. The highest BCUT2D eigenvalue weighted by atomic mass is 16.3. The van der Waals surface area contributed by atoms with Crippen LogP contribution in [-0.2, 0) is 0 Å². The van der Waals surface area contributed by atoms with E-state index in [9.17, 15) is 0 Å². The van der Waals surface area contributed by atoms with Gasteiger partial charge in [0.25, 0.3) is 0 Å². The van der Waals surface area contributed by atoms with E-state index in [0.717, 1.165) is 33.8 Å². The van der Waals surface area contributed by atoms with Gasteiger partial charge in [0.15, 0.2) is 0 Å². The summed E-state index contributed by atoms with van der Waals surface area (Å²) in [5, 5.41) is 1.07. The Bertz CT molecular complexity index is 1090. The fraction of sp³-hybridized carbons (Fsp3) is 0.0769. The van der Waals surface area contributed by atoms with Crippen molar-refractivity contribution in [1.29, 1.82) is 0 Å². The van der Waals surface area contributed by atoms with Gasteiger partial charge in [0, 0.05) is 22.4 Å². The number of fused-ring (bicyclic) bond motifs is 1. The van der Waals surface area contributed by atoms with Crippen molar-refractivity contribution < 1.29 is 4.42 Å². The van der Waals surface area contributed by atoms with E-state index in [1.54, 1.807) is 6.08 Å². The summed E-state index contributed by atoms with van der Waals surface area (Å²) in [7, 11) is 0. The van der Waals surface area contributed by atoms with Crippen molar-refractivity contribution >= 4 is 34.1 Å². The van der Waals surface area contributed by atoms with Gasteiger partial charge in [-0.05, 0) is 68.5 Å². The zero-order valence-corrected chi connectivity index (χ0v) is 16.2. The molecule has 1 heterocycles. The lowest BCUT2D eigenvalue weighted by molar-refractivity contribution is 0.604.